The van der Waals surface area contributed by atoms with Crippen molar-refractivity contribution in [3.63, 3.8) is 0 Å². The van der Waals surface area contributed by atoms with Gasteiger partial charge >= 0.3 is 0 Å². The highest BCUT2D eigenvalue weighted by atomic mass is 35.5. The SMILES string of the molecule is Cc1ccc(C(=O)NC(=S)Nc2ccc(N3CCC(C)CC3)c(Cl)c2)cc1[N+](=O)[O-]. The zero-order chi connectivity index (χ0) is 21.8. The molecule has 0 radical (unpaired) electrons. The van der Waals surface area contributed by atoms with Crippen molar-refractivity contribution in [3.05, 3.63) is 62.7 Å². The predicted octanol–water partition coefficient (Wildman–Crippen LogP) is 4.92. The van der Waals surface area contributed by atoms with Crippen LogP contribution in [0.4, 0.5) is 17.1 Å². The van der Waals surface area contributed by atoms with Gasteiger partial charge in [-0.05, 0) is 62.2 Å². The van der Waals surface area contributed by atoms with Crippen LogP contribution in [0.2, 0.25) is 5.02 Å². The molecular formula is C21H23ClN4O3S. The maximum Gasteiger partial charge on any atom is 0.273 e. The summed E-state index contributed by atoms with van der Waals surface area (Å²) in [4.78, 5) is 25.2. The molecule has 158 valence electrons. The van der Waals surface area contributed by atoms with Gasteiger partial charge in [-0.3, -0.25) is 20.2 Å². The molecule has 2 aromatic rings. The Balaban J connectivity index is 1.63. The molecule has 2 aromatic carbocycles. The highest BCUT2D eigenvalue weighted by Gasteiger charge is 2.19. The molecule has 0 spiro atoms. The third-order valence-electron chi connectivity index (χ3n) is 5.22. The Morgan fingerprint density at radius 2 is 1.93 bits per heavy atom. The van der Waals surface area contributed by atoms with Crippen molar-refractivity contribution in [1.82, 2.24) is 5.32 Å². The molecule has 0 saturated carbocycles. The summed E-state index contributed by atoms with van der Waals surface area (Å²) in [6.07, 6.45) is 2.28. The van der Waals surface area contributed by atoms with Crippen LogP contribution in [0.3, 0.4) is 0 Å². The molecule has 1 aliphatic heterocycles. The van der Waals surface area contributed by atoms with Gasteiger partial charge in [0.15, 0.2) is 5.11 Å². The number of halogens is 1. The minimum absolute atomic E-state index is 0.0823. The first-order chi connectivity index (χ1) is 14.2. The van der Waals surface area contributed by atoms with Crippen LogP contribution >= 0.6 is 23.8 Å². The Kier molecular flexibility index (Phi) is 6.89. The summed E-state index contributed by atoms with van der Waals surface area (Å²) in [5, 5.41) is 17.2. The van der Waals surface area contributed by atoms with Crippen molar-refractivity contribution in [2.24, 2.45) is 5.92 Å². The highest BCUT2D eigenvalue weighted by molar-refractivity contribution is 7.80. The minimum atomic E-state index is -0.527. The molecule has 0 aromatic heterocycles. The topological polar surface area (TPSA) is 87.5 Å². The summed E-state index contributed by atoms with van der Waals surface area (Å²) in [6, 6.07) is 9.85. The summed E-state index contributed by atoms with van der Waals surface area (Å²) in [5.74, 6) is 0.206. The van der Waals surface area contributed by atoms with Crippen LogP contribution in [0.15, 0.2) is 36.4 Å². The first-order valence-electron chi connectivity index (χ1n) is 9.66. The lowest BCUT2D eigenvalue weighted by Gasteiger charge is -2.32. The normalized spacial score (nSPS) is 14.3. The summed E-state index contributed by atoms with van der Waals surface area (Å²) in [5.41, 5.74) is 2.15. The Labute approximate surface area is 185 Å². The summed E-state index contributed by atoms with van der Waals surface area (Å²) in [7, 11) is 0. The van der Waals surface area contributed by atoms with Gasteiger partial charge in [0.05, 0.1) is 15.6 Å². The summed E-state index contributed by atoms with van der Waals surface area (Å²) in [6.45, 7) is 5.83. The number of benzene rings is 2. The molecular weight excluding hydrogens is 424 g/mol. The van der Waals surface area contributed by atoms with Gasteiger partial charge < -0.3 is 10.2 Å². The Morgan fingerprint density at radius 1 is 1.23 bits per heavy atom. The maximum atomic E-state index is 12.4. The van der Waals surface area contributed by atoms with Gasteiger partial charge in [-0.25, -0.2) is 0 Å². The number of nitrogens with zero attached hydrogens (tertiary/aromatic N) is 2. The second-order valence-electron chi connectivity index (χ2n) is 7.50. The van der Waals surface area contributed by atoms with Crippen LogP contribution in [0, 0.1) is 23.0 Å². The largest absolute Gasteiger partial charge is 0.370 e. The number of thiocarbonyl (C=S) groups is 1. The van der Waals surface area contributed by atoms with Crippen molar-refractivity contribution < 1.29 is 9.72 Å². The van der Waals surface area contributed by atoms with Crippen LogP contribution in [-0.2, 0) is 0 Å². The Bertz CT molecular complexity index is 990. The molecule has 2 N–H and O–H groups in total. The van der Waals surface area contributed by atoms with Crippen molar-refractivity contribution in [2.75, 3.05) is 23.3 Å². The number of hydrogen-bond acceptors (Lipinski definition) is 5. The quantitative estimate of drug-likeness (QED) is 0.393. The van der Waals surface area contributed by atoms with Gasteiger partial charge in [0, 0.05) is 36.0 Å². The monoisotopic (exact) mass is 446 g/mol. The average Bonchev–Trinajstić information content (AvgIpc) is 2.69. The van der Waals surface area contributed by atoms with E-state index in [4.69, 9.17) is 23.8 Å². The molecule has 0 bridgehead atoms. The summed E-state index contributed by atoms with van der Waals surface area (Å²) >= 11 is 11.7. The third-order valence-corrected chi connectivity index (χ3v) is 5.73. The zero-order valence-corrected chi connectivity index (χ0v) is 18.3. The second kappa shape index (κ2) is 9.40. The van der Waals surface area contributed by atoms with E-state index in [9.17, 15) is 14.9 Å². The molecule has 1 fully saturated rings. The first-order valence-corrected chi connectivity index (χ1v) is 10.4. The number of amides is 1. The predicted molar refractivity (Wildman–Crippen MR) is 124 cm³/mol. The Hall–Kier alpha value is -2.71. The van der Waals surface area contributed by atoms with Crippen LogP contribution in [0.25, 0.3) is 0 Å². The standard InChI is InChI=1S/C21H23ClN4O3S/c1-13-7-9-25(10-8-13)18-6-5-16(12-17(18)22)23-21(30)24-20(27)15-4-3-14(2)19(11-15)26(28)29/h3-6,11-13H,7-10H2,1-2H3,(H2,23,24,27,30). The van der Waals surface area contributed by atoms with E-state index in [-0.39, 0.29) is 16.4 Å². The van der Waals surface area contributed by atoms with Gasteiger partial charge in [0.25, 0.3) is 11.6 Å². The molecule has 9 heteroatoms. The van der Waals surface area contributed by atoms with Crippen molar-refractivity contribution >= 4 is 51.9 Å². The molecule has 0 unspecified atom stereocenters. The summed E-state index contributed by atoms with van der Waals surface area (Å²) < 4.78 is 0. The van der Waals surface area contributed by atoms with E-state index >= 15 is 0 Å². The molecule has 0 atom stereocenters. The lowest BCUT2D eigenvalue weighted by atomic mass is 9.99. The molecule has 30 heavy (non-hydrogen) atoms. The first kappa shape index (κ1) is 22.0. The zero-order valence-electron chi connectivity index (χ0n) is 16.8. The van der Waals surface area contributed by atoms with Gasteiger partial charge in [0.1, 0.15) is 0 Å². The number of rotatable bonds is 4. The smallest absolute Gasteiger partial charge is 0.273 e. The van der Waals surface area contributed by atoms with E-state index < -0.39 is 10.8 Å². The van der Waals surface area contributed by atoms with E-state index in [1.54, 1.807) is 13.0 Å². The number of nitro groups is 1. The number of nitrogens with one attached hydrogen (secondary N) is 2. The van der Waals surface area contributed by atoms with Crippen LogP contribution < -0.4 is 15.5 Å². The lowest BCUT2D eigenvalue weighted by molar-refractivity contribution is -0.385. The fourth-order valence-electron chi connectivity index (χ4n) is 3.38. The average molecular weight is 447 g/mol. The highest BCUT2D eigenvalue weighted by Crippen LogP contribution is 2.31. The molecule has 1 heterocycles. The van der Waals surface area contributed by atoms with Crippen molar-refractivity contribution in [2.45, 2.75) is 26.7 Å². The lowest BCUT2D eigenvalue weighted by Crippen LogP contribution is -2.34. The number of nitro benzene ring substituents is 1. The molecule has 1 saturated heterocycles. The molecule has 7 nitrogen and oxygen atoms in total. The van der Waals surface area contributed by atoms with Gasteiger partial charge in [-0.1, -0.05) is 24.6 Å². The number of aryl methyl sites for hydroxylation is 1. The van der Waals surface area contributed by atoms with Crippen LogP contribution in [0.5, 0.6) is 0 Å². The second-order valence-corrected chi connectivity index (χ2v) is 8.32. The minimum Gasteiger partial charge on any atom is -0.370 e. The fourth-order valence-corrected chi connectivity index (χ4v) is 3.89. The molecule has 1 amide bonds. The third kappa shape index (κ3) is 5.25. The van der Waals surface area contributed by atoms with E-state index in [1.165, 1.54) is 18.2 Å². The van der Waals surface area contributed by atoms with Gasteiger partial charge in [-0.15, -0.1) is 0 Å². The number of anilines is 2. The van der Waals surface area contributed by atoms with Crippen LogP contribution in [0.1, 0.15) is 35.7 Å². The number of piperidine rings is 1. The fraction of sp³-hybridized carbons (Fsp3) is 0.333. The number of carbonyl (C=O) groups excluding carboxylic acids is 1. The van der Waals surface area contributed by atoms with Crippen LogP contribution in [-0.4, -0.2) is 29.0 Å². The molecule has 3 rings (SSSR count). The van der Waals surface area contributed by atoms with E-state index in [0.29, 0.717) is 16.3 Å². The van der Waals surface area contributed by atoms with E-state index in [2.05, 4.69) is 22.5 Å². The van der Waals surface area contributed by atoms with E-state index in [1.807, 2.05) is 12.1 Å². The van der Waals surface area contributed by atoms with Crippen molar-refractivity contribution in [3.8, 4) is 0 Å². The Morgan fingerprint density at radius 3 is 2.57 bits per heavy atom. The van der Waals surface area contributed by atoms with Gasteiger partial charge in [0.2, 0.25) is 0 Å². The van der Waals surface area contributed by atoms with Gasteiger partial charge in [-0.2, -0.15) is 0 Å². The number of hydrogen-bond donors (Lipinski definition) is 2. The molecule has 1 aliphatic rings. The molecule has 0 aliphatic carbocycles. The van der Waals surface area contributed by atoms with E-state index in [0.717, 1.165) is 37.5 Å². The number of carbonyl (C=O) groups is 1. The maximum absolute atomic E-state index is 12.4. The van der Waals surface area contributed by atoms with Crippen molar-refractivity contribution in [1.29, 1.82) is 0 Å².